The maximum atomic E-state index is 11.2. The number of nitrogens with one attached hydrogen (secondary N) is 1. The van der Waals surface area contributed by atoms with E-state index < -0.39 is 0 Å². The van der Waals surface area contributed by atoms with Crippen molar-refractivity contribution in [2.45, 2.75) is 9.10 Å². The van der Waals surface area contributed by atoms with Gasteiger partial charge in [-0.25, -0.2) is 9.97 Å². The van der Waals surface area contributed by atoms with Gasteiger partial charge in [-0.1, -0.05) is 23.9 Å². The molecule has 0 aliphatic rings. The number of para-hydroxylation sites is 1. The maximum absolute atomic E-state index is 11.2. The topological polar surface area (TPSA) is 90.2 Å². The molecule has 0 aliphatic carbocycles. The lowest BCUT2D eigenvalue weighted by atomic mass is 10.3. The number of methoxy groups -OCH3 is 1. The number of benzene rings is 2. The van der Waals surface area contributed by atoms with Gasteiger partial charge in [-0.05, 0) is 36.4 Å². The van der Waals surface area contributed by atoms with E-state index in [0.29, 0.717) is 10.7 Å². The second kappa shape index (κ2) is 7.83. The van der Waals surface area contributed by atoms with E-state index in [1.54, 1.807) is 25.3 Å². The molecule has 0 atom stereocenters. The molecule has 0 saturated heterocycles. The van der Waals surface area contributed by atoms with Crippen LogP contribution in [-0.4, -0.2) is 22.0 Å². The van der Waals surface area contributed by atoms with Crippen LogP contribution in [0.4, 0.5) is 17.2 Å². The molecular weight excluding hydrogens is 396 g/mol. The number of anilines is 2. The molecule has 1 N–H and O–H groups in total. The Bertz CT molecular complexity index is 1150. The lowest BCUT2D eigenvalue weighted by Gasteiger charge is -2.07. The van der Waals surface area contributed by atoms with Crippen LogP contribution in [0.1, 0.15) is 0 Å². The van der Waals surface area contributed by atoms with E-state index >= 15 is 0 Å². The summed E-state index contributed by atoms with van der Waals surface area (Å²) in [6.45, 7) is 0. The highest BCUT2D eigenvalue weighted by molar-refractivity contribution is 8.01. The zero-order chi connectivity index (χ0) is 19.5. The van der Waals surface area contributed by atoms with Crippen LogP contribution in [-0.2, 0) is 0 Å². The molecule has 7 nitrogen and oxygen atoms in total. The molecule has 140 valence electrons. The van der Waals surface area contributed by atoms with Crippen LogP contribution in [0.3, 0.4) is 0 Å². The number of nitro benzene ring substituents is 1. The Morgan fingerprint density at radius 1 is 1.14 bits per heavy atom. The summed E-state index contributed by atoms with van der Waals surface area (Å²) in [7, 11) is 1.62. The normalized spacial score (nSPS) is 10.8. The third-order valence-electron chi connectivity index (χ3n) is 3.93. The lowest BCUT2D eigenvalue weighted by molar-refractivity contribution is -0.387. The Morgan fingerprint density at radius 2 is 1.93 bits per heavy atom. The highest BCUT2D eigenvalue weighted by atomic mass is 32.2. The number of nitro groups is 1. The van der Waals surface area contributed by atoms with Crippen LogP contribution in [0, 0.1) is 10.1 Å². The number of rotatable bonds is 6. The fraction of sp³-hybridized carbons (Fsp3) is 0.0526. The molecule has 9 heteroatoms. The average molecular weight is 410 g/mol. The molecular formula is C19H14N4O3S2. The van der Waals surface area contributed by atoms with E-state index in [2.05, 4.69) is 15.3 Å². The van der Waals surface area contributed by atoms with Gasteiger partial charge in [0.2, 0.25) is 0 Å². The van der Waals surface area contributed by atoms with Gasteiger partial charge in [-0.2, -0.15) is 0 Å². The van der Waals surface area contributed by atoms with E-state index in [1.807, 2.05) is 30.3 Å². The fourth-order valence-electron chi connectivity index (χ4n) is 2.60. The van der Waals surface area contributed by atoms with E-state index in [4.69, 9.17) is 4.74 Å². The Morgan fingerprint density at radius 3 is 2.68 bits per heavy atom. The molecule has 0 radical (unpaired) electrons. The summed E-state index contributed by atoms with van der Waals surface area (Å²) in [5.41, 5.74) is 0.965. The predicted molar refractivity (Wildman–Crippen MR) is 111 cm³/mol. The molecule has 0 bridgehead atoms. The second-order valence-corrected chi connectivity index (χ2v) is 8.06. The van der Waals surface area contributed by atoms with Gasteiger partial charge in [0.25, 0.3) is 5.69 Å². The second-order valence-electron chi connectivity index (χ2n) is 5.69. The number of hydrogen-bond acceptors (Lipinski definition) is 8. The molecule has 2 aromatic carbocycles. The number of hydrogen-bond donors (Lipinski definition) is 1. The zero-order valence-corrected chi connectivity index (χ0v) is 16.3. The average Bonchev–Trinajstić information content (AvgIpc) is 3.12. The maximum Gasteiger partial charge on any atom is 0.283 e. The van der Waals surface area contributed by atoms with Crippen LogP contribution in [0.5, 0.6) is 5.75 Å². The predicted octanol–water partition coefficient (Wildman–Crippen LogP) is 5.50. The molecule has 0 aliphatic heterocycles. The van der Waals surface area contributed by atoms with Gasteiger partial charge in [0.15, 0.2) is 0 Å². The minimum absolute atomic E-state index is 0.0904. The number of thiophene rings is 1. The van der Waals surface area contributed by atoms with Crippen molar-refractivity contribution >= 4 is 50.5 Å². The minimum Gasteiger partial charge on any atom is -0.497 e. The number of aromatic nitrogens is 2. The van der Waals surface area contributed by atoms with Crippen molar-refractivity contribution in [3.05, 3.63) is 71.0 Å². The Labute approximate surface area is 168 Å². The first-order valence-electron chi connectivity index (χ1n) is 8.21. The van der Waals surface area contributed by atoms with E-state index in [1.165, 1.54) is 35.5 Å². The molecule has 4 aromatic rings. The summed E-state index contributed by atoms with van der Waals surface area (Å²) in [4.78, 5) is 21.0. The molecule has 0 saturated carbocycles. The Balaban J connectivity index is 1.64. The highest BCUT2D eigenvalue weighted by Gasteiger charge is 2.16. The number of ether oxygens (including phenoxy) is 1. The van der Waals surface area contributed by atoms with Gasteiger partial charge in [0, 0.05) is 11.8 Å². The highest BCUT2D eigenvalue weighted by Crippen LogP contribution is 2.41. The summed E-state index contributed by atoms with van der Waals surface area (Å²) < 4.78 is 6.08. The fourth-order valence-corrected chi connectivity index (χ4v) is 4.79. The van der Waals surface area contributed by atoms with E-state index in [9.17, 15) is 10.1 Å². The minimum atomic E-state index is -0.369. The third-order valence-corrected chi connectivity index (χ3v) is 6.15. The first kappa shape index (κ1) is 18.2. The van der Waals surface area contributed by atoms with Crippen LogP contribution in [0.25, 0.3) is 10.2 Å². The molecule has 0 fully saturated rings. The SMILES string of the molecule is COc1ccc(Nc2ncnc3sc(Sc4ccccc4[N+](=O)[O-])cc23)cc1. The van der Waals surface area contributed by atoms with Gasteiger partial charge in [-0.3, -0.25) is 10.1 Å². The summed E-state index contributed by atoms with van der Waals surface area (Å²) in [6.07, 6.45) is 1.50. The monoisotopic (exact) mass is 410 g/mol. The van der Waals surface area contributed by atoms with Gasteiger partial charge < -0.3 is 10.1 Å². The zero-order valence-electron chi connectivity index (χ0n) is 14.7. The van der Waals surface area contributed by atoms with Crippen molar-refractivity contribution < 1.29 is 9.66 Å². The van der Waals surface area contributed by atoms with Crippen molar-refractivity contribution in [1.29, 1.82) is 0 Å². The first-order valence-corrected chi connectivity index (χ1v) is 9.84. The number of fused-ring (bicyclic) bond motifs is 1. The molecule has 0 amide bonds. The summed E-state index contributed by atoms with van der Waals surface area (Å²) >= 11 is 2.83. The first-order chi connectivity index (χ1) is 13.6. The van der Waals surface area contributed by atoms with Gasteiger partial charge in [0.05, 0.1) is 26.5 Å². The van der Waals surface area contributed by atoms with Crippen molar-refractivity contribution in [3.63, 3.8) is 0 Å². The van der Waals surface area contributed by atoms with E-state index in [0.717, 1.165) is 25.9 Å². The van der Waals surface area contributed by atoms with Crippen molar-refractivity contribution in [1.82, 2.24) is 9.97 Å². The summed E-state index contributed by atoms with van der Waals surface area (Å²) in [5, 5.41) is 15.4. The van der Waals surface area contributed by atoms with Gasteiger partial charge in [-0.15, -0.1) is 11.3 Å². The van der Waals surface area contributed by atoms with Crippen LogP contribution < -0.4 is 10.1 Å². The largest absolute Gasteiger partial charge is 0.497 e. The molecule has 0 unspecified atom stereocenters. The van der Waals surface area contributed by atoms with Crippen LogP contribution in [0.2, 0.25) is 0 Å². The molecule has 28 heavy (non-hydrogen) atoms. The van der Waals surface area contributed by atoms with Crippen molar-refractivity contribution in [3.8, 4) is 5.75 Å². The summed E-state index contributed by atoms with van der Waals surface area (Å²) in [5.74, 6) is 1.46. The van der Waals surface area contributed by atoms with Gasteiger partial charge >= 0.3 is 0 Å². The van der Waals surface area contributed by atoms with Crippen LogP contribution in [0.15, 0.2) is 70.0 Å². The Hall–Kier alpha value is -3.17. The van der Waals surface area contributed by atoms with Crippen molar-refractivity contribution in [2.75, 3.05) is 12.4 Å². The quantitative estimate of drug-likeness (QED) is 0.331. The van der Waals surface area contributed by atoms with Gasteiger partial charge in [0.1, 0.15) is 22.7 Å². The molecule has 2 aromatic heterocycles. The Kier molecular flexibility index (Phi) is 5.09. The molecule has 4 rings (SSSR count). The third kappa shape index (κ3) is 3.75. The smallest absolute Gasteiger partial charge is 0.283 e. The summed E-state index contributed by atoms with van der Waals surface area (Å²) in [6, 6.07) is 16.2. The molecule has 2 heterocycles. The van der Waals surface area contributed by atoms with Crippen LogP contribution >= 0.6 is 23.1 Å². The standard InChI is InChI=1S/C19H14N4O3S2/c1-26-13-8-6-12(7-9-13)22-18-14-10-17(28-19(14)21-11-20-18)27-16-5-3-2-4-15(16)23(24)25/h2-11H,1H3,(H,20,21,22). The van der Waals surface area contributed by atoms with E-state index in [-0.39, 0.29) is 10.6 Å². The lowest BCUT2D eigenvalue weighted by Crippen LogP contribution is -1.94. The number of nitrogens with zero attached hydrogens (tertiary/aromatic N) is 3. The molecule has 0 spiro atoms. The van der Waals surface area contributed by atoms with Crippen molar-refractivity contribution in [2.24, 2.45) is 0 Å².